The van der Waals surface area contributed by atoms with Gasteiger partial charge in [0.15, 0.2) is 0 Å². The normalized spacial score (nSPS) is 23.7. The Morgan fingerprint density at radius 1 is 1.50 bits per heavy atom. The minimum absolute atomic E-state index is 0.539. The Labute approximate surface area is 100 Å². The first-order valence-electron chi connectivity index (χ1n) is 5.44. The lowest BCUT2D eigenvalue weighted by Gasteiger charge is -2.35. The third-order valence-electron chi connectivity index (χ3n) is 2.72. The number of ether oxygens (including phenoxy) is 2. The first-order chi connectivity index (χ1) is 7.63. The van der Waals surface area contributed by atoms with Gasteiger partial charge in [0.05, 0.1) is 6.61 Å². The van der Waals surface area contributed by atoms with Crippen LogP contribution in [0.1, 0.15) is 25.3 Å². The molecule has 0 spiro atoms. The fourth-order valence-corrected chi connectivity index (χ4v) is 1.99. The molecule has 3 nitrogen and oxygen atoms in total. The second-order valence-corrected chi connectivity index (χ2v) is 4.61. The molecular formula is C12H16ClNO2. The van der Waals surface area contributed by atoms with Gasteiger partial charge in [-0.25, -0.2) is 0 Å². The lowest BCUT2D eigenvalue weighted by Crippen LogP contribution is -2.39. The molecule has 0 amide bonds. The van der Waals surface area contributed by atoms with E-state index >= 15 is 0 Å². The van der Waals surface area contributed by atoms with E-state index in [-0.39, 0.29) is 0 Å². The summed E-state index contributed by atoms with van der Waals surface area (Å²) >= 11 is 5.90. The number of hydrogen-bond acceptors (Lipinski definition) is 3. The van der Waals surface area contributed by atoms with Gasteiger partial charge >= 0.3 is 0 Å². The zero-order valence-corrected chi connectivity index (χ0v) is 10.1. The van der Waals surface area contributed by atoms with Gasteiger partial charge in [-0.05, 0) is 31.2 Å². The van der Waals surface area contributed by atoms with E-state index in [1.54, 1.807) is 0 Å². The Hall–Kier alpha value is -0.770. The van der Waals surface area contributed by atoms with E-state index < -0.39 is 5.79 Å². The summed E-state index contributed by atoms with van der Waals surface area (Å²) < 4.78 is 11.6. The van der Waals surface area contributed by atoms with Gasteiger partial charge in [0.1, 0.15) is 5.75 Å². The van der Waals surface area contributed by atoms with Crippen LogP contribution in [-0.2, 0) is 11.3 Å². The van der Waals surface area contributed by atoms with Crippen molar-refractivity contribution in [1.29, 1.82) is 0 Å². The second-order valence-electron chi connectivity index (χ2n) is 4.17. The fourth-order valence-electron chi connectivity index (χ4n) is 1.80. The number of rotatable bonds is 3. The number of fused-ring (bicyclic) bond motifs is 1. The fraction of sp³-hybridized carbons (Fsp3) is 0.500. The molecule has 0 radical (unpaired) electrons. The standard InChI is InChI=1S/C12H16ClNO2/c1-12(5-2-6-14)15-8-9-7-10(13)3-4-11(9)16-12/h3-4,7H,2,5-6,8,14H2,1H3. The van der Waals surface area contributed by atoms with Gasteiger partial charge in [-0.3, -0.25) is 0 Å². The van der Waals surface area contributed by atoms with Crippen molar-refractivity contribution in [3.63, 3.8) is 0 Å². The lowest BCUT2D eigenvalue weighted by molar-refractivity contribution is -0.197. The maximum absolute atomic E-state index is 5.90. The minimum Gasteiger partial charge on any atom is -0.462 e. The summed E-state index contributed by atoms with van der Waals surface area (Å²) in [5, 5.41) is 0.705. The molecule has 0 bridgehead atoms. The number of halogens is 1. The molecule has 0 saturated heterocycles. The number of benzene rings is 1. The van der Waals surface area contributed by atoms with Gasteiger partial charge in [0, 0.05) is 23.9 Å². The topological polar surface area (TPSA) is 44.5 Å². The van der Waals surface area contributed by atoms with Crippen LogP contribution in [0.5, 0.6) is 5.75 Å². The molecular weight excluding hydrogens is 226 g/mol. The van der Waals surface area contributed by atoms with Crippen molar-refractivity contribution in [1.82, 2.24) is 0 Å². The summed E-state index contributed by atoms with van der Waals surface area (Å²) in [6.45, 7) is 3.13. The Balaban J connectivity index is 2.14. The van der Waals surface area contributed by atoms with E-state index in [9.17, 15) is 0 Å². The Bertz CT molecular complexity index is 383. The molecule has 88 valence electrons. The van der Waals surface area contributed by atoms with Gasteiger partial charge in [-0.2, -0.15) is 0 Å². The van der Waals surface area contributed by atoms with Gasteiger partial charge in [-0.15, -0.1) is 0 Å². The van der Waals surface area contributed by atoms with E-state index in [4.69, 9.17) is 26.8 Å². The van der Waals surface area contributed by atoms with Crippen LogP contribution in [0, 0.1) is 0 Å². The van der Waals surface area contributed by atoms with E-state index in [0.29, 0.717) is 18.2 Å². The van der Waals surface area contributed by atoms with Crippen molar-refractivity contribution in [2.45, 2.75) is 32.2 Å². The quantitative estimate of drug-likeness (QED) is 0.885. The summed E-state index contributed by atoms with van der Waals surface area (Å²) in [6.07, 6.45) is 1.69. The Kier molecular flexibility index (Phi) is 3.38. The molecule has 2 rings (SSSR count). The van der Waals surface area contributed by atoms with E-state index in [1.807, 2.05) is 25.1 Å². The van der Waals surface area contributed by atoms with Crippen LogP contribution in [-0.4, -0.2) is 12.3 Å². The zero-order valence-electron chi connectivity index (χ0n) is 9.33. The van der Waals surface area contributed by atoms with Gasteiger partial charge < -0.3 is 15.2 Å². The molecule has 4 heteroatoms. The molecule has 0 fully saturated rings. The number of nitrogens with two attached hydrogens (primary N) is 1. The summed E-state index contributed by atoms with van der Waals surface area (Å²) in [7, 11) is 0. The molecule has 2 N–H and O–H groups in total. The average molecular weight is 242 g/mol. The molecule has 16 heavy (non-hydrogen) atoms. The summed E-state index contributed by atoms with van der Waals surface area (Å²) in [4.78, 5) is 0. The smallest absolute Gasteiger partial charge is 0.208 e. The van der Waals surface area contributed by atoms with Crippen molar-refractivity contribution in [3.8, 4) is 5.75 Å². The van der Waals surface area contributed by atoms with Crippen molar-refractivity contribution < 1.29 is 9.47 Å². The first-order valence-corrected chi connectivity index (χ1v) is 5.82. The Morgan fingerprint density at radius 2 is 2.31 bits per heavy atom. The molecule has 1 aromatic carbocycles. The highest BCUT2D eigenvalue weighted by molar-refractivity contribution is 6.30. The minimum atomic E-state index is -0.555. The third-order valence-corrected chi connectivity index (χ3v) is 2.95. The average Bonchev–Trinajstić information content (AvgIpc) is 2.27. The lowest BCUT2D eigenvalue weighted by atomic mass is 10.1. The van der Waals surface area contributed by atoms with Gasteiger partial charge in [0.25, 0.3) is 0 Å². The Morgan fingerprint density at radius 3 is 3.06 bits per heavy atom. The monoisotopic (exact) mass is 241 g/mol. The highest BCUT2D eigenvalue weighted by Gasteiger charge is 2.31. The highest BCUT2D eigenvalue weighted by Crippen LogP contribution is 2.34. The molecule has 0 aromatic heterocycles. The van der Waals surface area contributed by atoms with E-state index in [2.05, 4.69) is 0 Å². The summed E-state index contributed by atoms with van der Waals surface area (Å²) in [5.74, 6) is 0.301. The molecule has 1 aliphatic heterocycles. The van der Waals surface area contributed by atoms with Crippen molar-refractivity contribution >= 4 is 11.6 Å². The van der Waals surface area contributed by atoms with Crippen LogP contribution >= 0.6 is 11.6 Å². The highest BCUT2D eigenvalue weighted by atomic mass is 35.5. The van der Waals surface area contributed by atoms with Crippen LogP contribution < -0.4 is 10.5 Å². The molecule has 0 aliphatic carbocycles. The number of hydrogen-bond donors (Lipinski definition) is 1. The molecule has 1 atom stereocenters. The summed E-state index contributed by atoms with van der Waals surface area (Å²) in [6, 6.07) is 5.59. The molecule has 1 unspecified atom stereocenters. The second kappa shape index (κ2) is 4.62. The first kappa shape index (κ1) is 11.7. The summed E-state index contributed by atoms with van der Waals surface area (Å²) in [5.41, 5.74) is 6.49. The van der Waals surface area contributed by atoms with E-state index in [0.717, 1.165) is 24.2 Å². The van der Waals surface area contributed by atoms with Crippen LogP contribution in [0.25, 0.3) is 0 Å². The van der Waals surface area contributed by atoms with Crippen molar-refractivity contribution in [2.75, 3.05) is 6.54 Å². The predicted octanol–water partition coefficient (Wildman–Crippen LogP) is 2.70. The molecule has 1 aromatic rings. The molecule has 1 heterocycles. The third kappa shape index (κ3) is 2.48. The van der Waals surface area contributed by atoms with Gasteiger partial charge in [0.2, 0.25) is 5.79 Å². The van der Waals surface area contributed by atoms with Crippen molar-refractivity contribution in [2.24, 2.45) is 5.73 Å². The van der Waals surface area contributed by atoms with Crippen LogP contribution in [0.4, 0.5) is 0 Å². The largest absolute Gasteiger partial charge is 0.462 e. The van der Waals surface area contributed by atoms with E-state index in [1.165, 1.54) is 0 Å². The maximum Gasteiger partial charge on any atom is 0.208 e. The maximum atomic E-state index is 5.90. The van der Waals surface area contributed by atoms with Crippen LogP contribution in [0.15, 0.2) is 18.2 Å². The van der Waals surface area contributed by atoms with Gasteiger partial charge in [-0.1, -0.05) is 11.6 Å². The van der Waals surface area contributed by atoms with Crippen LogP contribution in [0.3, 0.4) is 0 Å². The van der Waals surface area contributed by atoms with Crippen LogP contribution in [0.2, 0.25) is 5.02 Å². The SMILES string of the molecule is CC1(CCCN)OCc2cc(Cl)ccc2O1. The molecule has 0 saturated carbocycles. The molecule has 1 aliphatic rings. The zero-order chi connectivity index (χ0) is 11.6. The predicted molar refractivity (Wildman–Crippen MR) is 63.6 cm³/mol. The van der Waals surface area contributed by atoms with Crippen molar-refractivity contribution in [3.05, 3.63) is 28.8 Å².